The van der Waals surface area contributed by atoms with Crippen LogP contribution in [0.5, 0.6) is 0 Å². The monoisotopic (exact) mass is 694 g/mol. The van der Waals surface area contributed by atoms with Gasteiger partial charge >= 0.3 is 17.1 Å². The standard InChI is InChI=1S/C37H39N2P2.C5H5.Fe/c40-23-33-28-16-24-15-25(17-28)20-36(33,19-24)35-32(37(41,29-11-13-38-21-29)30-12-14-39-22-30)18-31(26-7-3-1-4-8-26)34(35)27-9-5-2-6-10-27;1-2-4-5-3-1;/h1-14,18,21-22,24-25,28,33,38-39H,15-17,19-20,23,40-41H2;1-5H;/q2*-1;+2. The number of benzene rings is 2. The summed E-state index contributed by atoms with van der Waals surface area (Å²) in [6, 6.07) is 39.6. The van der Waals surface area contributed by atoms with Gasteiger partial charge in [-0.05, 0) is 90.6 Å². The molecule has 0 saturated heterocycles. The van der Waals surface area contributed by atoms with Crippen LogP contribution in [0, 0.1) is 23.7 Å². The number of H-pyrrole nitrogens is 2. The molecule has 10 rings (SSSR count). The first-order valence-electron chi connectivity index (χ1n) is 17.0. The third-order valence-electron chi connectivity index (χ3n) is 11.6. The molecule has 47 heavy (non-hydrogen) atoms. The molecule has 0 radical (unpaired) electrons. The quantitative estimate of drug-likeness (QED) is 0.0947. The van der Waals surface area contributed by atoms with Crippen LogP contribution in [0.3, 0.4) is 0 Å². The van der Waals surface area contributed by atoms with E-state index >= 15 is 0 Å². The van der Waals surface area contributed by atoms with E-state index in [-0.39, 0.29) is 27.6 Å². The van der Waals surface area contributed by atoms with Gasteiger partial charge < -0.3 is 9.97 Å². The van der Waals surface area contributed by atoms with Crippen molar-refractivity contribution < 1.29 is 17.1 Å². The predicted molar refractivity (Wildman–Crippen MR) is 199 cm³/mol. The van der Waals surface area contributed by atoms with Crippen molar-refractivity contribution in [3.8, 4) is 22.3 Å². The van der Waals surface area contributed by atoms with E-state index in [2.05, 4.69) is 132 Å². The SMILES string of the molecule is PCC1C2CC3CC(C2)CC1(c1c(C(P)(c2cc[nH]c2)c2cc[nH]c2)cc(-c2ccccc2)[c-]1-c1ccccc1)C3.[Fe+2].c1cc[cH-]c1. The molecule has 4 aliphatic carbocycles. The molecule has 5 unspecified atom stereocenters. The third-order valence-corrected chi connectivity index (χ3v) is 13.1. The topological polar surface area (TPSA) is 31.6 Å². The van der Waals surface area contributed by atoms with E-state index < -0.39 is 0 Å². The van der Waals surface area contributed by atoms with Gasteiger partial charge in [0.2, 0.25) is 0 Å². The smallest absolute Gasteiger partial charge is 0.367 e. The van der Waals surface area contributed by atoms with Crippen molar-refractivity contribution in [2.45, 2.75) is 42.7 Å². The van der Waals surface area contributed by atoms with Crippen LogP contribution >= 0.6 is 18.5 Å². The van der Waals surface area contributed by atoms with Crippen molar-refractivity contribution in [1.29, 1.82) is 0 Å². The van der Waals surface area contributed by atoms with Gasteiger partial charge in [-0.2, -0.15) is 18.2 Å². The van der Waals surface area contributed by atoms with Crippen molar-refractivity contribution in [1.82, 2.24) is 9.97 Å². The Balaban J connectivity index is 0.000000538. The molecule has 6 aromatic rings. The van der Waals surface area contributed by atoms with Gasteiger partial charge in [-0.25, -0.2) is 12.1 Å². The summed E-state index contributed by atoms with van der Waals surface area (Å²) in [7, 11) is 6.57. The van der Waals surface area contributed by atoms with Gasteiger partial charge in [0.15, 0.2) is 0 Å². The van der Waals surface area contributed by atoms with E-state index in [0.717, 1.165) is 17.8 Å². The van der Waals surface area contributed by atoms with Gasteiger partial charge in [0.1, 0.15) is 0 Å². The molecule has 2 N–H and O–H groups in total. The normalized spacial score (nSPS) is 24.4. The second-order valence-corrected chi connectivity index (χ2v) is 15.4. The number of rotatable bonds is 7. The molecule has 4 aromatic carbocycles. The summed E-state index contributed by atoms with van der Waals surface area (Å²) < 4.78 is 0. The molecule has 4 aliphatic rings. The van der Waals surface area contributed by atoms with Crippen LogP contribution in [0.1, 0.15) is 54.4 Å². The van der Waals surface area contributed by atoms with Crippen molar-refractivity contribution >= 4 is 18.5 Å². The minimum Gasteiger partial charge on any atom is -0.367 e. The fourth-order valence-electron chi connectivity index (χ4n) is 10.0. The van der Waals surface area contributed by atoms with E-state index in [0.29, 0.717) is 5.92 Å². The van der Waals surface area contributed by atoms with Gasteiger partial charge in [0.25, 0.3) is 0 Å². The van der Waals surface area contributed by atoms with Crippen molar-refractivity contribution in [3.63, 3.8) is 0 Å². The molecule has 0 aliphatic heterocycles. The molecule has 2 nitrogen and oxygen atoms in total. The number of hydrogen-bond acceptors (Lipinski definition) is 0. The third kappa shape index (κ3) is 5.59. The first-order valence-corrected chi connectivity index (χ1v) is 18.4. The maximum Gasteiger partial charge on any atom is 2.00 e. The molecular weight excluding hydrogens is 650 g/mol. The summed E-state index contributed by atoms with van der Waals surface area (Å²) in [5.41, 5.74) is 11.4. The molecular formula is C42H44FeN2P2. The molecule has 4 fully saturated rings. The molecule has 2 aromatic heterocycles. The van der Waals surface area contributed by atoms with E-state index in [1.54, 1.807) is 5.56 Å². The van der Waals surface area contributed by atoms with E-state index in [1.165, 1.54) is 77.2 Å². The number of nitrogens with one attached hydrogen (secondary N) is 2. The summed E-state index contributed by atoms with van der Waals surface area (Å²) in [4.78, 5) is 6.80. The first kappa shape index (κ1) is 32.6. The zero-order valence-electron chi connectivity index (χ0n) is 26.8. The minimum atomic E-state index is -0.374. The molecule has 240 valence electrons. The Morgan fingerprint density at radius 2 is 1.38 bits per heavy atom. The van der Waals surface area contributed by atoms with Crippen LogP contribution < -0.4 is 0 Å². The second-order valence-electron chi connectivity index (χ2n) is 14.0. The molecule has 0 amide bonds. The Morgan fingerprint density at radius 1 is 0.787 bits per heavy atom. The summed E-state index contributed by atoms with van der Waals surface area (Å²) in [5.74, 6) is 3.23. The molecule has 0 spiro atoms. The zero-order chi connectivity index (χ0) is 31.1. The number of aromatic nitrogens is 2. The Bertz CT molecular complexity index is 1770. The Hall–Kier alpha value is -2.92. The van der Waals surface area contributed by atoms with Crippen LogP contribution in [0.2, 0.25) is 0 Å². The second kappa shape index (κ2) is 13.5. The maximum absolute atomic E-state index is 3.40. The average molecular weight is 695 g/mol. The molecule has 5 heteroatoms. The fourth-order valence-corrected chi connectivity index (χ4v) is 11.4. The molecule has 5 atom stereocenters. The van der Waals surface area contributed by atoms with Crippen LogP contribution in [0.4, 0.5) is 0 Å². The van der Waals surface area contributed by atoms with Crippen molar-refractivity contribution in [2.75, 3.05) is 6.16 Å². The zero-order valence-corrected chi connectivity index (χ0v) is 30.2. The number of aromatic amines is 2. The largest absolute Gasteiger partial charge is 2.00 e. The van der Waals surface area contributed by atoms with Gasteiger partial charge in [-0.1, -0.05) is 76.3 Å². The van der Waals surface area contributed by atoms with Crippen LogP contribution in [0.15, 0.2) is 134 Å². The molecule has 4 saturated carbocycles. The van der Waals surface area contributed by atoms with Crippen LogP contribution in [-0.4, -0.2) is 16.1 Å². The predicted octanol–water partition coefficient (Wildman–Crippen LogP) is 10.5. The average Bonchev–Trinajstić information content (AvgIpc) is 3.93. The Morgan fingerprint density at radius 3 is 1.89 bits per heavy atom. The van der Waals surface area contributed by atoms with E-state index in [4.69, 9.17) is 0 Å². The first-order chi connectivity index (χ1) is 22.6. The van der Waals surface area contributed by atoms with Gasteiger partial charge in [0, 0.05) is 29.9 Å². The van der Waals surface area contributed by atoms with E-state index in [9.17, 15) is 0 Å². The Labute approximate surface area is 295 Å². The minimum absolute atomic E-state index is 0. The molecule has 4 bridgehead atoms. The maximum atomic E-state index is 3.40. The Kier molecular flexibility index (Phi) is 9.39. The van der Waals surface area contributed by atoms with Crippen molar-refractivity contribution in [3.05, 3.63) is 156 Å². The fraction of sp³-hybridized carbons (Fsp3) is 0.286. The van der Waals surface area contributed by atoms with Gasteiger partial charge in [-0.3, -0.25) is 0 Å². The summed E-state index contributed by atoms with van der Waals surface area (Å²) in [6.45, 7) is 0. The summed E-state index contributed by atoms with van der Waals surface area (Å²) in [5, 5.41) is -0.374. The van der Waals surface area contributed by atoms with Gasteiger partial charge in [-0.15, -0.1) is 42.2 Å². The summed E-state index contributed by atoms with van der Waals surface area (Å²) >= 11 is 0. The van der Waals surface area contributed by atoms with Crippen LogP contribution in [-0.2, 0) is 27.6 Å². The summed E-state index contributed by atoms with van der Waals surface area (Å²) in [6.07, 6.45) is 16.7. The van der Waals surface area contributed by atoms with Crippen LogP contribution in [0.25, 0.3) is 22.3 Å². The van der Waals surface area contributed by atoms with Crippen molar-refractivity contribution in [2.24, 2.45) is 23.7 Å². The van der Waals surface area contributed by atoms with Gasteiger partial charge in [0.05, 0.1) is 0 Å². The molecule has 2 heterocycles. The van der Waals surface area contributed by atoms with E-state index in [1.807, 2.05) is 30.3 Å². The number of hydrogen-bond donors (Lipinski definition) is 2.